The van der Waals surface area contributed by atoms with Crippen LogP contribution >= 0.6 is 0 Å². The van der Waals surface area contributed by atoms with Gasteiger partial charge in [-0.3, -0.25) is 4.79 Å². The first kappa shape index (κ1) is 14.8. The van der Waals surface area contributed by atoms with E-state index in [0.717, 1.165) is 0 Å². The second kappa shape index (κ2) is 5.24. The first-order valence-corrected chi connectivity index (χ1v) is 7.38. The molecule has 0 unspecified atom stereocenters. The van der Waals surface area contributed by atoms with Crippen molar-refractivity contribution in [2.24, 2.45) is 0 Å². The Kier molecular flexibility index (Phi) is 3.52. The fourth-order valence-corrected chi connectivity index (χ4v) is 2.66. The molecule has 22 heavy (non-hydrogen) atoms. The third-order valence-electron chi connectivity index (χ3n) is 4.03. The summed E-state index contributed by atoms with van der Waals surface area (Å²) in [7, 11) is 0. The number of rotatable bonds is 3. The normalized spacial score (nSPS) is 21.8. The minimum Gasteiger partial charge on any atom is -0.469 e. The third kappa shape index (κ3) is 2.52. The zero-order valence-corrected chi connectivity index (χ0v) is 13.0. The van der Waals surface area contributed by atoms with Crippen molar-refractivity contribution in [3.63, 3.8) is 0 Å². The van der Waals surface area contributed by atoms with Crippen LogP contribution in [-0.4, -0.2) is 44.0 Å². The van der Waals surface area contributed by atoms with E-state index < -0.39 is 5.60 Å². The summed E-state index contributed by atoms with van der Waals surface area (Å²) in [6.07, 6.45) is 3.65. The zero-order valence-electron chi connectivity index (χ0n) is 13.0. The van der Waals surface area contributed by atoms with Gasteiger partial charge in [0.05, 0.1) is 18.3 Å². The molecular weight excluding hydrogens is 284 g/mol. The molecule has 0 radical (unpaired) electrons. The monoisotopic (exact) mass is 304 g/mol. The highest BCUT2D eigenvalue weighted by atomic mass is 16.3. The summed E-state index contributed by atoms with van der Waals surface area (Å²) in [5, 5.41) is 18.9. The number of furan rings is 1. The number of likely N-dealkylation sites (tertiary alicyclic amines) is 1. The van der Waals surface area contributed by atoms with Crippen molar-refractivity contribution in [3.8, 4) is 0 Å². The summed E-state index contributed by atoms with van der Waals surface area (Å²) in [5.74, 6) is 0.557. The maximum absolute atomic E-state index is 12.4. The summed E-state index contributed by atoms with van der Waals surface area (Å²) in [6, 6.07) is 1.88. The van der Waals surface area contributed by atoms with Crippen molar-refractivity contribution in [1.82, 2.24) is 19.9 Å². The van der Waals surface area contributed by atoms with E-state index in [2.05, 4.69) is 10.3 Å². The zero-order chi connectivity index (χ0) is 15.9. The van der Waals surface area contributed by atoms with E-state index in [1.54, 1.807) is 28.8 Å². The van der Waals surface area contributed by atoms with Gasteiger partial charge in [-0.2, -0.15) is 0 Å². The third-order valence-corrected chi connectivity index (χ3v) is 4.03. The summed E-state index contributed by atoms with van der Waals surface area (Å²) >= 11 is 0. The number of aryl methyl sites for hydroxylation is 1. The van der Waals surface area contributed by atoms with Crippen LogP contribution in [0.1, 0.15) is 48.1 Å². The molecule has 1 aliphatic heterocycles. The van der Waals surface area contributed by atoms with Gasteiger partial charge in [-0.05, 0) is 26.8 Å². The summed E-state index contributed by atoms with van der Waals surface area (Å²) in [5.41, 5.74) is -0.117. The van der Waals surface area contributed by atoms with Gasteiger partial charge in [0.15, 0.2) is 0 Å². The van der Waals surface area contributed by atoms with Gasteiger partial charge in [0.2, 0.25) is 0 Å². The predicted molar refractivity (Wildman–Crippen MR) is 78.3 cm³/mol. The van der Waals surface area contributed by atoms with Crippen LogP contribution in [0.25, 0.3) is 0 Å². The summed E-state index contributed by atoms with van der Waals surface area (Å²) in [6.45, 7) is 6.48. The van der Waals surface area contributed by atoms with Crippen LogP contribution in [0.2, 0.25) is 0 Å². The molecule has 0 spiro atoms. The number of aliphatic hydroxyl groups is 1. The lowest BCUT2D eigenvalue weighted by molar-refractivity contribution is 0.0381. The van der Waals surface area contributed by atoms with Crippen molar-refractivity contribution >= 4 is 5.91 Å². The van der Waals surface area contributed by atoms with Gasteiger partial charge >= 0.3 is 0 Å². The highest BCUT2D eigenvalue weighted by molar-refractivity contribution is 5.94. The molecule has 7 nitrogen and oxygen atoms in total. The predicted octanol–water partition coefficient (Wildman–Crippen LogP) is 1.49. The van der Waals surface area contributed by atoms with Crippen molar-refractivity contribution in [2.75, 3.05) is 13.1 Å². The van der Waals surface area contributed by atoms with Gasteiger partial charge in [0.25, 0.3) is 5.91 Å². The Hall–Kier alpha value is -2.15. The summed E-state index contributed by atoms with van der Waals surface area (Å²) < 4.78 is 6.88. The molecule has 2 aromatic heterocycles. The van der Waals surface area contributed by atoms with E-state index in [1.165, 1.54) is 6.26 Å². The van der Waals surface area contributed by atoms with E-state index >= 15 is 0 Å². The van der Waals surface area contributed by atoms with Gasteiger partial charge < -0.3 is 14.4 Å². The molecule has 1 atom stereocenters. The van der Waals surface area contributed by atoms with Crippen LogP contribution in [0.15, 0.2) is 22.9 Å². The minimum absolute atomic E-state index is 0.135. The number of amides is 1. The average molecular weight is 304 g/mol. The molecule has 1 fully saturated rings. The fourth-order valence-electron chi connectivity index (χ4n) is 2.66. The van der Waals surface area contributed by atoms with Crippen LogP contribution in [0.3, 0.4) is 0 Å². The van der Waals surface area contributed by atoms with Crippen LogP contribution in [0, 0.1) is 6.92 Å². The van der Waals surface area contributed by atoms with E-state index in [4.69, 9.17) is 4.42 Å². The Morgan fingerprint density at radius 1 is 1.50 bits per heavy atom. The first-order valence-electron chi connectivity index (χ1n) is 7.38. The van der Waals surface area contributed by atoms with Gasteiger partial charge in [0.1, 0.15) is 23.3 Å². The van der Waals surface area contributed by atoms with Gasteiger partial charge in [-0.25, -0.2) is 4.68 Å². The van der Waals surface area contributed by atoms with Crippen LogP contribution in [0.4, 0.5) is 0 Å². The van der Waals surface area contributed by atoms with E-state index in [1.807, 2.05) is 13.8 Å². The number of aromatic nitrogens is 3. The standard InChI is InChI=1S/C15H20N4O3/c1-10(2)19-7-13(16-17-19)15(21)4-5-18(9-15)14(20)12-6-11(3)22-8-12/h6-8,10,21H,4-5,9H2,1-3H3/t15-/m1/s1. The largest absolute Gasteiger partial charge is 0.469 e. The quantitative estimate of drug-likeness (QED) is 0.928. The lowest BCUT2D eigenvalue weighted by atomic mass is 10.00. The molecule has 1 amide bonds. The second-order valence-electron chi connectivity index (χ2n) is 6.13. The lowest BCUT2D eigenvalue weighted by Gasteiger charge is -2.20. The summed E-state index contributed by atoms with van der Waals surface area (Å²) in [4.78, 5) is 14.0. The average Bonchev–Trinajstić information content (AvgIpc) is 3.17. The fraction of sp³-hybridized carbons (Fsp3) is 0.533. The molecular formula is C15H20N4O3. The smallest absolute Gasteiger partial charge is 0.257 e. The van der Waals surface area contributed by atoms with Crippen molar-refractivity contribution < 1.29 is 14.3 Å². The molecule has 1 N–H and O–H groups in total. The highest BCUT2D eigenvalue weighted by Gasteiger charge is 2.42. The second-order valence-corrected chi connectivity index (χ2v) is 6.13. The molecule has 3 heterocycles. The molecule has 0 saturated carbocycles. The Balaban J connectivity index is 1.76. The van der Waals surface area contributed by atoms with Gasteiger partial charge in [-0.1, -0.05) is 5.21 Å². The first-order chi connectivity index (χ1) is 10.4. The molecule has 1 aliphatic rings. The number of nitrogens with zero attached hydrogens (tertiary/aromatic N) is 4. The Labute approximate surface area is 128 Å². The van der Waals surface area contributed by atoms with Gasteiger partial charge in [0, 0.05) is 19.0 Å². The molecule has 0 aliphatic carbocycles. The maximum atomic E-state index is 12.4. The van der Waals surface area contributed by atoms with Crippen LogP contribution < -0.4 is 0 Å². The van der Waals surface area contributed by atoms with E-state index in [0.29, 0.717) is 30.0 Å². The molecule has 1 saturated heterocycles. The molecule has 118 valence electrons. The van der Waals surface area contributed by atoms with Crippen LogP contribution in [0.5, 0.6) is 0 Å². The molecule has 0 aromatic carbocycles. The Morgan fingerprint density at radius 3 is 2.86 bits per heavy atom. The lowest BCUT2D eigenvalue weighted by Crippen LogP contribution is -2.34. The van der Waals surface area contributed by atoms with Crippen molar-refractivity contribution in [3.05, 3.63) is 35.5 Å². The Morgan fingerprint density at radius 2 is 2.27 bits per heavy atom. The number of β-amino-alcohol motifs (C(OH)–C–C–N with tert-alkyl or cyclic N) is 1. The number of carbonyl (C=O) groups is 1. The molecule has 0 bridgehead atoms. The SMILES string of the molecule is Cc1cc(C(=O)N2CC[C@](O)(c3cn(C(C)C)nn3)C2)co1. The maximum Gasteiger partial charge on any atom is 0.257 e. The van der Waals surface area contributed by atoms with Gasteiger partial charge in [-0.15, -0.1) is 5.10 Å². The highest BCUT2D eigenvalue weighted by Crippen LogP contribution is 2.31. The Bertz CT molecular complexity index is 691. The van der Waals surface area contributed by atoms with Crippen LogP contribution in [-0.2, 0) is 5.60 Å². The number of hydrogen-bond acceptors (Lipinski definition) is 5. The van der Waals surface area contributed by atoms with E-state index in [-0.39, 0.29) is 18.5 Å². The van der Waals surface area contributed by atoms with Crippen molar-refractivity contribution in [2.45, 2.75) is 38.8 Å². The molecule has 2 aromatic rings. The number of hydrogen-bond donors (Lipinski definition) is 1. The topological polar surface area (TPSA) is 84.4 Å². The number of carbonyl (C=O) groups excluding carboxylic acids is 1. The molecule has 7 heteroatoms. The van der Waals surface area contributed by atoms with E-state index in [9.17, 15) is 9.90 Å². The molecule has 3 rings (SSSR count). The van der Waals surface area contributed by atoms with Crippen molar-refractivity contribution in [1.29, 1.82) is 0 Å². The minimum atomic E-state index is -1.14.